The van der Waals surface area contributed by atoms with Crippen LogP contribution in [0.25, 0.3) is 11.0 Å². The van der Waals surface area contributed by atoms with Crippen molar-refractivity contribution in [3.63, 3.8) is 0 Å². The van der Waals surface area contributed by atoms with Gasteiger partial charge in [-0.05, 0) is 16.4 Å². The average molecular weight is 226 g/mol. The Morgan fingerprint density at radius 3 is 2.36 bits per heavy atom. The molecule has 1 aromatic carbocycles. The first kappa shape index (κ1) is 12.2. The zero-order valence-electron chi connectivity index (χ0n) is 7.25. The number of nitrogens with zero attached hydrogens (tertiary/aromatic N) is 2. The molecular weight excluding hydrogens is 223 g/mol. The molecule has 68 valence electrons. The molecule has 1 aromatic heterocycles. The van der Waals surface area contributed by atoms with E-state index in [1.807, 2.05) is 0 Å². The van der Waals surface area contributed by atoms with Crippen molar-refractivity contribution >= 4 is 23.5 Å². The topological polar surface area (TPSA) is 38.9 Å². The SMILES string of the molecule is F[B-](F)(F)c1ccc2nonc2c1.[K+]. The Morgan fingerprint density at radius 2 is 1.71 bits per heavy atom. The molecule has 0 spiro atoms. The molecule has 8 heteroatoms. The van der Waals surface area contributed by atoms with Gasteiger partial charge in [0.25, 0.3) is 0 Å². The number of hydrogen-bond donors (Lipinski definition) is 0. The molecule has 0 fully saturated rings. The second kappa shape index (κ2) is 4.32. The van der Waals surface area contributed by atoms with Gasteiger partial charge in [-0.2, -0.15) is 0 Å². The van der Waals surface area contributed by atoms with Crippen LogP contribution in [0.1, 0.15) is 0 Å². The zero-order valence-corrected chi connectivity index (χ0v) is 10.4. The summed E-state index contributed by atoms with van der Waals surface area (Å²) in [6, 6.07) is 3.12. The normalized spacial score (nSPS) is 11.4. The van der Waals surface area contributed by atoms with Gasteiger partial charge in [0.05, 0.1) is 0 Å². The number of benzene rings is 1. The summed E-state index contributed by atoms with van der Waals surface area (Å²) < 4.78 is 40.9. The Hall–Kier alpha value is 0.111. The van der Waals surface area contributed by atoms with Crippen LogP contribution >= 0.6 is 0 Å². The van der Waals surface area contributed by atoms with E-state index in [9.17, 15) is 12.9 Å². The van der Waals surface area contributed by atoms with E-state index in [0.717, 1.165) is 12.1 Å². The van der Waals surface area contributed by atoms with E-state index >= 15 is 0 Å². The number of rotatable bonds is 1. The van der Waals surface area contributed by atoms with Crippen molar-refractivity contribution in [3.8, 4) is 0 Å². The van der Waals surface area contributed by atoms with Gasteiger partial charge in [0.2, 0.25) is 0 Å². The molecule has 0 aliphatic rings. The maximum Gasteiger partial charge on any atom is 1.00 e. The first-order valence-electron chi connectivity index (χ1n) is 3.49. The Balaban J connectivity index is 0.000000980. The second-order valence-corrected chi connectivity index (χ2v) is 2.59. The fraction of sp³-hybridized carbons (Fsp3) is 0. The molecule has 0 atom stereocenters. The van der Waals surface area contributed by atoms with E-state index in [1.165, 1.54) is 6.07 Å². The number of fused-ring (bicyclic) bond motifs is 1. The van der Waals surface area contributed by atoms with Gasteiger partial charge in [-0.1, -0.05) is 12.1 Å². The van der Waals surface area contributed by atoms with Crippen molar-refractivity contribution in [2.45, 2.75) is 0 Å². The summed E-state index contributed by atoms with van der Waals surface area (Å²) in [6.45, 7) is -4.97. The molecule has 0 unspecified atom stereocenters. The van der Waals surface area contributed by atoms with Crippen molar-refractivity contribution in [3.05, 3.63) is 18.2 Å². The molecule has 0 bridgehead atoms. The van der Waals surface area contributed by atoms with Crippen LogP contribution in [-0.4, -0.2) is 17.3 Å². The number of hydrogen-bond acceptors (Lipinski definition) is 3. The maximum atomic E-state index is 12.2. The summed E-state index contributed by atoms with van der Waals surface area (Å²) in [5.74, 6) is 0. The molecule has 2 rings (SSSR count). The number of halogens is 3. The third-order valence-electron chi connectivity index (χ3n) is 1.66. The molecule has 0 aliphatic heterocycles. The molecule has 0 N–H and O–H groups in total. The van der Waals surface area contributed by atoms with E-state index in [2.05, 4.69) is 14.9 Å². The molecular formula is C6H3BF3KN2O. The first-order chi connectivity index (χ1) is 6.07. The van der Waals surface area contributed by atoms with E-state index in [4.69, 9.17) is 0 Å². The Bertz CT molecular complexity index is 444. The molecule has 0 aliphatic carbocycles. The van der Waals surface area contributed by atoms with Crippen LogP contribution in [0.4, 0.5) is 12.9 Å². The van der Waals surface area contributed by atoms with Gasteiger partial charge in [0, 0.05) is 0 Å². The first-order valence-corrected chi connectivity index (χ1v) is 3.49. The summed E-state index contributed by atoms with van der Waals surface area (Å²) in [6.07, 6.45) is 0. The predicted molar refractivity (Wildman–Crippen MR) is 40.5 cm³/mol. The quantitative estimate of drug-likeness (QED) is 0.543. The third-order valence-corrected chi connectivity index (χ3v) is 1.66. The molecule has 3 nitrogen and oxygen atoms in total. The van der Waals surface area contributed by atoms with Crippen LogP contribution in [0.3, 0.4) is 0 Å². The molecule has 2 aromatic rings. The van der Waals surface area contributed by atoms with E-state index < -0.39 is 12.4 Å². The van der Waals surface area contributed by atoms with E-state index in [0.29, 0.717) is 5.52 Å². The minimum atomic E-state index is -4.97. The van der Waals surface area contributed by atoms with Crippen molar-refractivity contribution < 1.29 is 69.0 Å². The standard InChI is InChI=1S/C6H3BF3N2O.K/c8-7(9,10)4-1-2-5-6(3-4)12-13-11-5;/h1-3H;/q-1;+1. The van der Waals surface area contributed by atoms with Gasteiger partial charge >= 0.3 is 58.4 Å². The average Bonchev–Trinajstić information content (AvgIpc) is 2.47. The Labute approximate surface area is 119 Å². The van der Waals surface area contributed by atoms with Crippen molar-refractivity contribution in [2.24, 2.45) is 0 Å². The zero-order chi connectivity index (χ0) is 9.47. The smallest absolute Gasteiger partial charge is 0.445 e. The summed E-state index contributed by atoms with van der Waals surface area (Å²) in [7, 11) is 0. The largest absolute Gasteiger partial charge is 1.00 e. The summed E-state index contributed by atoms with van der Waals surface area (Å²) in [4.78, 5) is 0. The van der Waals surface area contributed by atoms with Crippen molar-refractivity contribution in [1.29, 1.82) is 0 Å². The van der Waals surface area contributed by atoms with Gasteiger partial charge in [0.1, 0.15) is 11.0 Å². The molecule has 14 heavy (non-hydrogen) atoms. The van der Waals surface area contributed by atoms with Gasteiger partial charge in [-0.25, -0.2) is 4.63 Å². The minimum absolute atomic E-state index is 0. The predicted octanol–water partition coefficient (Wildman–Crippen LogP) is -1.72. The fourth-order valence-corrected chi connectivity index (χ4v) is 1.00. The van der Waals surface area contributed by atoms with Crippen LogP contribution < -0.4 is 56.8 Å². The Morgan fingerprint density at radius 1 is 1.07 bits per heavy atom. The minimum Gasteiger partial charge on any atom is -0.445 e. The molecule has 0 radical (unpaired) electrons. The fourth-order valence-electron chi connectivity index (χ4n) is 1.00. The van der Waals surface area contributed by atoms with Crippen LogP contribution in [0, 0.1) is 0 Å². The molecule has 0 saturated heterocycles. The van der Waals surface area contributed by atoms with Crippen LogP contribution in [0.5, 0.6) is 0 Å². The third kappa shape index (κ3) is 2.37. The summed E-state index contributed by atoms with van der Waals surface area (Å²) in [5, 5.41) is 6.71. The van der Waals surface area contributed by atoms with Crippen molar-refractivity contribution in [1.82, 2.24) is 10.3 Å². The van der Waals surface area contributed by atoms with E-state index in [-0.39, 0.29) is 56.9 Å². The van der Waals surface area contributed by atoms with Crippen LogP contribution in [-0.2, 0) is 0 Å². The second-order valence-electron chi connectivity index (χ2n) is 2.59. The van der Waals surface area contributed by atoms with Crippen molar-refractivity contribution in [2.75, 3.05) is 0 Å². The maximum absolute atomic E-state index is 12.2. The Kier molecular flexibility index (Phi) is 3.75. The van der Waals surface area contributed by atoms with Gasteiger partial charge in [-0.15, -0.1) is 5.46 Å². The molecule has 1 heterocycles. The van der Waals surface area contributed by atoms with Crippen LogP contribution in [0.2, 0.25) is 0 Å². The summed E-state index contributed by atoms with van der Waals surface area (Å²) in [5.41, 5.74) is -0.247. The number of aromatic nitrogens is 2. The van der Waals surface area contributed by atoms with E-state index in [1.54, 1.807) is 0 Å². The van der Waals surface area contributed by atoms with Gasteiger partial charge in [-0.3, -0.25) is 0 Å². The molecule has 0 saturated carbocycles. The van der Waals surface area contributed by atoms with Gasteiger partial charge in [0.15, 0.2) is 0 Å². The summed E-state index contributed by atoms with van der Waals surface area (Å²) >= 11 is 0. The van der Waals surface area contributed by atoms with Crippen LogP contribution in [0.15, 0.2) is 22.8 Å². The monoisotopic (exact) mass is 226 g/mol. The van der Waals surface area contributed by atoms with Gasteiger partial charge < -0.3 is 12.9 Å². The molecule has 0 amide bonds.